The van der Waals surface area contributed by atoms with Crippen LogP contribution in [-0.2, 0) is 11.3 Å². The third-order valence-corrected chi connectivity index (χ3v) is 5.88. The molecule has 2 aromatic rings. The van der Waals surface area contributed by atoms with Crippen LogP contribution >= 0.6 is 0 Å². The van der Waals surface area contributed by atoms with Crippen molar-refractivity contribution in [2.24, 2.45) is 0 Å². The fourth-order valence-corrected chi connectivity index (χ4v) is 4.25. The molecule has 1 saturated heterocycles. The number of nitriles is 1. The molecule has 0 bridgehead atoms. The average Bonchev–Trinajstić information content (AvgIpc) is 3.37. The van der Waals surface area contributed by atoms with Crippen molar-refractivity contribution in [2.75, 3.05) is 19.6 Å². The van der Waals surface area contributed by atoms with Gasteiger partial charge in [-0.1, -0.05) is 13.3 Å². The number of nitrogens with zero attached hydrogens (tertiary/aromatic N) is 3. The molecular weight excluding hydrogens is 376 g/mol. The Morgan fingerprint density at radius 1 is 1.33 bits per heavy atom. The quantitative estimate of drug-likeness (QED) is 0.520. The van der Waals surface area contributed by atoms with E-state index in [4.69, 9.17) is 4.42 Å². The topological polar surface area (TPSA) is 74.2 Å². The van der Waals surface area contributed by atoms with Gasteiger partial charge in [0.05, 0.1) is 12.3 Å². The Hall–Kier alpha value is -2.78. The third-order valence-electron chi connectivity index (χ3n) is 5.88. The summed E-state index contributed by atoms with van der Waals surface area (Å²) < 4.78 is 7.87. The lowest BCUT2D eigenvalue weighted by atomic mass is 10.1. The zero-order valence-corrected chi connectivity index (χ0v) is 18.3. The van der Waals surface area contributed by atoms with E-state index in [-0.39, 0.29) is 17.5 Å². The minimum atomic E-state index is -0.341. The number of hydrogen-bond acceptors (Lipinski definition) is 4. The summed E-state index contributed by atoms with van der Waals surface area (Å²) >= 11 is 0. The first kappa shape index (κ1) is 21.9. The molecule has 6 heteroatoms. The molecule has 0 saturated carbocycles. The van der Waals surface area contributed by atoms with E-state index in [0.717, 1.165) is 61.6 Å². The Morgan fingerprint density at radius 2 is 2.10 bits per heavy atom. The molecular formula is C24H32N4O2. The van der Waals surface area contributed by atoms with Crippen molar-refractivity contribution in [3.05, 3.63) is 52.7 Å². The van der Waals surface area contributed by atoms with Crippen LogP contribution < -0.4 is 5.32 Å². The van der Waals surface area contributed by atoms with Crippen LogP contribution in [0.4, 0.5) is 0 Å². The van der Waals surface area contributed by atoms with Crippen molar-refractivity contribution in [3.8, 4) is 6.07 Å². The van der Waals surface area contributed by atoms with Gasteiger partial charge in [0.25, 0.3) is 5.91 Å². The summed E-state index contributed by atoms with van der Waals surface area (Å²) in [6.07, 6.45) is 7.96. The number of piperidine rings is 1. The Balaban J connectivity index is 1.73. The van der Waals surface area contributed by atoms with Crippen LogP contribution in [0.25, 0.3) is 6.08 Å². The van der Waals surface area contributed by atoms with Gasteiger partial charge in [0.2, 0.25) is 0 Å². The predicted octanol–water partition coefficient (Wildman–Crippen LogP) is 4.36. The van der Waals surface area contributed by atoms with Gasteiger partial charge in [0, 0.05) is 24.5 Å². The first-order valence-corrected chi connectivity index (χ1v) is 10.9. The number of furan rings is 1. The molecule has 160 valence electrons. The zero-order valence-electron chi connectivity index (χ0n) is 18.3. The molecule has 1 atom stereocenters. The van der Waals surface area contributed by atoms with Gasteiger partial charge in [0.1, 0.15) is 17.4 Å². The maximum atomic E-state index is 12.8. The van der Waals surface area contributed by atoms with Crippen molar-refractivity contribution in [1.82, 2.24) is 14.8 Å². The molecule has 3 heterocycles. The van der Waals surface area contributed by atoms with Crippen molar-refractivity contribution < 1.29 is 9.21 Å². The summed E-state index contributed by atoms with van der Waals surface area (Å²) in [5, 5.41) is 12.6. The van der Waals surface area contributed by atoms with Crippen LogP contribution in [0, 0.1) is 25.2 Å². The summed E-state index contributed by atoms with van der Waals surface area (Å²) in [5.41, 5.74) is 3.27. The van der Waals surface area contributed by atoms with Crippen molar-refractivity contribution >= 4 is 12.0 Å². The van der Waals surface area contributed by atoms with Gasteiger partial charge in [-0.15, -0.1) is 0 Å². The molecule has 1 N–H and O–H groups in total. The highest BCUT2D eigenvalue weighted by Gasteiger charge is 2.25. The lowest BCUT2D eigenvalue weighted by Crippen LogP contribution is -2.40. The largest absolute Gasteiger partial charge is 0.468 e. The molecule has 6 nitrogen and oxygen atoms in total. The SMILES string of the molecule is CCCn1c(C)cc(C=C(C#N)C(=O)NCC(c2ccco2)N2CCCCC2)c1C. The molecule has 3 rings (SSSR count). The van der Waals surface area contributed by atoms with E-state index in [1.165, 1.54) is 6.42 Å². The second-order valence-corrected chi connectivity index (χ2v) is 7.99. The number of rotatable bonds is 8. The highest BCUT2D eigenvalue weighted by molar-refractivity contribution is 6.01. The molecule has 1 amide bonds. The molecule has 1 aliphatic heterocycles. The van der Waals surface area contributed by atoms with Crippen LogP contribution in [0.1, 0.15) is 61.4 Å². The van der Waals surface area contributed by atoms with E-state index >= 15 is 0 Å². The standard InChI is InChI=1S/C24H32N4O2/c1-4-10-28-18(2)14-20(19(28)3)15-21(16-25)24(29)26-17-22(23-9-8-13-30-23)27-11-6-5-7-12-27/h8-9,13-15,22H,4-7,10-12,17H2,1-3H3,(H,26,29). The fourth-order valence-electron chi connectivity index (χ4n) is 4.25. The van der Waals surface area contributed by atoms with Gasteiger partial charge >= 0.3 is 0 Å². The predicted molar refractivity (Wildman–Crippen MR) is 118 cm³/mol. The van der Waals surface area contributed by atoms with E-state index < -0.39 is 0 Å². The summed E-state index contributed by atoms with van der Waals surface area (Å²) in [6, 6.07) is 7.93. The van der Waals surface area contributed by atoms with Gasteiger partial charge in [-0.3, -0.25) is 9.69 Å². The van der Waals surface area contributed by atoms with E-state index in [1.54, 1.807) is 12.3 Å². The summed E-state index contributed by atoms with van der Waals surface area (Å²) in [5.74, 6) is 0.508. The molecule has 1 fully saturated rings. The Labute approximate surface area is 179 Å². The zero-order chi connectivity index (χ0) is 21.5. The molecule has 0 radical (unpaired) electrons. The average molecular weight is 409 g/mol. The van der Waals surface area contributed by atoms with Crippen LogP contribution in [0.3, 0.4) is 0 Å². The van der Waals surface area contributed by atoms with Gasteiger partial charge < -0.3 is 14.3 Å². The van der Waals surface area contributed by atoms with Crippen molar-refractivity contribution in [3.63, 3.8) is 0 Å². The second kappa shape index (κ2) is 10.3. The Bertz CT molecular complexity index is 912. The summed E-state index contributed by atoms with van der Waals surface area (Å²) in [7, 11) is 0. The maximum Gasteiger partial charge on any atom is 0.262 e. The number of carbonyl (C=O) groups is 1. The molecule has 0 aliphatic carbocycles. The smallest absolute Gasteiger partial charge is 0.262 e. The third kappa shape index (κ3) is 5.03. The maximum absolute atomic E-state index is 12.8. The van der Waals surface area contributed by atoms with Crippen LogP contribution in [0.5, 0.6) is 0 Å². The van der Waals surface area contributed by atoms with E-state index in [0.29, 0.717) is 6.54 Å². The minimum absolute atomic E-state index is 0.0150. The number of aryl methyl sites for hydroxylation is 1. The molecule has 1 aliphatic rings. The molecule has 2 aromatic heterocycles. The van der Waals surface area contributed by atoms with Gasteiger partial charge in [-0.2, -0.15) is 5.26 Å². The number of nitrogens with one attached hydrogen (secondary N) is 1. The molecule has 0 spiro atoms. The second-order valence-electron chi connectivity index (χ2n) is 7.99. The lowest BCUT2D eigenvalue weighted by molar-refractivity contribution is -0.117. The number of hydrogen-bond donors (Lipinski definition) is 1. The van der Waals surface area contributed by atoms with Crippen LogP contribution in [0.2, 0.25) is 0 Å². The van der Waals surface area contributed by atoms with Gasteiger partial charge in [-0.25, -0.2) is 0 Å². The van der Waals surface area contributed by atoms with Crippen molar-refractivity contribution in [1.29, 1.82) is 5.26 Å². The number of aromatic nitrogens is 1. The van der Waals surface area contributed by atoms with Gasteiger partial charge in [0.15, 0.2) is 0 Å². The molecule has 30 heavy (non-hydrogen) atoms. The van der Waals surface area contributed by atoms with Crippen LogP contribution in [-0.4, -0.2) is 35.0 Å². The van der Waals surface area contributed by atoms with Crippen LogP contribution in [0.15, 0.2) is 34.5 Å². The van der Waals surface area contributed by atoms with E-state index in [9.17, 15) is 10.1 Å². The van der Waals surface area contributed by atoms with E-state index in [2.05, 4.69) is 34.7 Å². The number of likely N-dealkylation sites (tertiary alicyclic amines) is 1. The number of carbonyl (C=O) groups excluding carboxylic acids is 1. The normalized spacial score (nSPS) is 16.3. The minimum Gasteiger partial charge on any atom is -0.468 e. The number of amides is 1. The summed E-state index contributed by atoms with van der Waals surface area (Å²) in [4.78, 5) is 15.2. The monoisotopic (exact) mass is 408 g/mol. The Kier molecular flexibility index (Phi) is 7.53. The van der Waals surface area contributed by atoms with E-state index in [1.807, 2.05) is 25.1 Å². The summed E-state index contributed by atoms with van der Waals surface area (Å²) in [6.45, 7) is 9.56. The van der Waals surface area contributed by atoms with Gasteiger partial charge in [-0.05, 0) is 76.0 Å². The first-order chi connectivity index (χ1) is 14.5. The van der Waals surface area contributed by atoms with Crippen molar-refractivity contribution in [2.45, 2.75) is 59.0 Å². The highest BCUT2D eigenvalue weighted by atomic mass is 16.3. The molecule has 0 aromatic carbocycles. The fraction of sp³-hybridized carbons (Fsp3) is 0.500. The highest BCUT2D eigenvalue weighted by Crippen LogP contribution is 2.25. The molecule has 1 unspecified atom stereocenters. The lowest BCUT2D eigenvalue weighted by Gasteiger charge is -2.33. The first-order valence-electron chi connectivity index (χ1n) is 10.9. The Morgan fingerprint density at radius 3 is 2.73 bits per heavy atom.